The van der Waals surface area contributed by atoms with Crippen LogP contribution in [0.4, 0.5) is 0 Å². The van der Waals surface area contributed by atoms with Crippen LogP contribution >= 0.6 is 22.3 Å². The highest BCUT2D eigenvalue weighted by atomic mass is 35.7. The first kappa shape index (κ1) is 14.4. The van der Waals surface area contributed by atoms with E-state index in [0.29, 0.717) is 23.0 Å². The summed E-state index contributed by atoms with van der Waals surface area (Å²) >= 11 is 5.82. The van der Waals surface area contributed by atoms with Gasteiger partial charge in [-0.1, -0.05) is 23.7 Å². The van der Waals surface area contributed by atoms with E-state index in [0.717, 1.165) is 5.56 Å². The highest BCUT2D eigenvalue weighted by molar-refractivity contribution is 8.13. The van der Waals surface area contributed by atoms with Crippen molar-refractivity contribution in [2.45, 2.75) is 25.3 Å². The SMILES string of the molecule is Cc1nn(Cc2ccc(Cl)cc2)c(C)c1S(=O)(=O)Cl. The summed E-state index contributed by atoms with van der Waals surface area (Å²) in [6, 6.07) is 7.30. The van der Waals surface area contributed by atoms with Crippen LogP contribution in [0.5, 0.6) is 0 Å². The third kappa shape index (κ3) is 3.11. The fourth-order valence-electron chi connectivity index (χ4n) is 1.95. The monoisotopic (exact) mass is 318 g/mol. The van der Waals surface area contributed by atoms with Gasteiger partial charge in [-0.3, -0.25) is 4.68 Å². The standard InChI is InChI=1S/C12H12Cl2N2O2S/c1-8-12(19(14,17)18)9(2)16(15-8)7-10-3-5-11(13)6-4-10/h3-6H,7H2,1-2H3. The summed E-state index contributed by atoms with van der Waals surface area (Å²) in [5, 5.41) is 4.87. The maximum absolute atomic E-state index is 11.5. The van der Waals surface area contributed by atoms with E-state index in [2.05, 4.69) is 5.10 Å². The number of aromatic nitrogens is 2. The highest BCUT2D eigenvalue weighted by Gasteiger charge is 2.22. The Morgan fingerprint density at radius 3 is 2.26 bits per heavy atom. The smallest absolute Gasteiger partial charge is 0.264 e. The molecular weight excluding hydrogens is 307 g/mol. The zero-order valence-electron chi connectivity index (χ0n) is 10.4. The average molecular weight is 319 g/mol. The molecule has 0 aliphatic carbocycles. The lowest BCUT2D eigenvalue weighted by molar-refractivity contribution is 0.607. The van der Waals surface area contributed by atoms with Gasteiger partial charge in [0.25, 0.3) is 9.05 Å². The van der Waals surface area contributed by atoms with Crippen molar-refractivity contribution in [3.05, 3.63) is 46.2 Å². The average Bonchev–Trinajstić information content (AvgIpc) is 2.56. The third-order valence-electron chi connectivity index (χ3n) is 2.80. The molecule has 0 aliphatic rings. The lowest BCUT2D eigenvalue weighted by atomic mass is 10.2. The number of benzene rings is 1. The van der Waals surface area contributed by atoms with Gasteiger partial charge in [0.15, 0.2) is 0 Å². The minimum absolute atomic E-state index is 0.0862. The van der Waals surface area contributed by atoms with Gasteiger partial charge in [0, 0.05) is 15.7 Å². The van der Waals surface area contributed by atoms with E-state index in [4.69, 9.17) is 22.3 Å². The largest absolute Gasteiger partial charge is 0.264 e. The Bertz CT molecular complexity index is 706. The van der Waals surface area contributed by atoms with Crippen molar-refractivity contribution in [1.29, 1.82) is 0 Å². The molecule has 1 aromatic carbocycles. The first-order valence-corrected chi connectivity index (χ1v) is 8.21. The van der Waals surface area contributed by atoms with Gasteiger partial charge in [-0.05, 0) is 31.5 Å². The summed E-state index contributed by atoms with van der Waals surface area (Å²) in [6.45, 7) is 3.78. The van der Waals surface area contributed by atoms with Crippen LogP contribution in [-0.4, -0.2) is 18.2 Å². The molecule has 4 nitrogen and oxygen atoms in total. The topological polar surface area (TPSA) is 52.0 Å². The maximum atomic E-state index is 11.5. The fraction of sp³-hybridized carbons (Fsp3) is 0.250. The summed E-state index contributed by atoms with van der Waals surface area (Å²) in [6.07, 6.45) is 0. The third-order valence-corrected chi connectivity index (χ3v) is 4.60. The minimum atomic E-state index is -3.77. The number of rotatable bonds is 3. The van der Waals surface area contributed by atoms with Gasteiger partial charge in [0.05, 0.1) is 17.9 Å². The summed E-state index contributed by atoms with van der Waals surface area (Å²) in [4.78, 5) is 0.0862. The van der Waals surface area contributed by atoms with Crippen molar-refractivity contribution in [3.8, 4) is 0 Å². The van der Waals surface area contributed by atoms with Gasteiger partial charge < -0.3 is 0 Å². The Morgan fingerprint density at radius 2 is 1.79 bits per heavy atom. The quantitative estimate of drug-likeness (QED) is 0.817. The minimum Gasteiger partial charge on any atom is -0.264 e. The molecule has 0 fully saturated rings. The molecule has 0 spiro atoms. The predicted molar refractivity (Wildman–Crippen MR) is 75.3 cm³/mol. The molecule has 2 aromatic rings. The Kier molecular flexibility index (Phi) is 3.90. The molecule has 0 radical (unpaired) electrons. The van der Waals surface area contributed by atoms with Crippen LogP contribution < -0.4 is 0 Å². The van der Waals surface area contributed by atoms with Gasteiger partial charge in [-0.15, -0.1) is 0 Å². The second kappa shape index (κ2) is 5.15. The van der Waals surface area contributed by atoms with E-state index < -0.39 is 9.05 Å². The molecule has 0 bridgehead atoms. The van der Waals surface area contributed by atoms with Crippen LogP contribution in [0.25, 0.3) is 0 Å². The number of nitrogens with zero attached hydrogens (tertiary/aromatic N) is 2. The second-order valence-corrected chi connectivity index (χ2v) is 7.16. The molecule has 1 heterocycles. The predicted octanol–water partition coefficient (Wildman–Crippen LogP) is 3.13. The molecule has 7 heteroatoms. The first-order valence-electron chi connectivity index (χ1n) is 5.52. The Morgan fingerprint density at radius 1 is 1.21 bits per heavy atom. The number of halogens is 2. The second-order valence-electron chi connectivity index (χ2n) is 4.22. The van der Waals surface area contributed by atoms with E-state index >= 15 is 0 Å². The molecule has 0 amide bonds. The zero-order valence-corrected chi connectivity index (χ0v) is 12.7. The normalized spacial score (nSPS) is 11.8. The number of hydrogen-bond acceptors (Lipinski definition) is 3. The van der Waals surface area contributed by atoms with Crippen molar-refractivity contribution in [1.82, 2.24) is 9.78 Å². The first-order chi connectivity index (χ1) is 8.79. The molecule has 102 valence electrons. The highest BCUT2D eigenvalue weighted by Crippen LogP contribution is 2.23. The molecule has 19 heavy (non-hydrogen) atoms. The molecule has 1 aromatic heterocycles. The van der Waals surface area contributed by atoms with Crippen LogP contribution in [-0.2, 0) is 15.6 Å². The Balaban J connectivity index is 2.40. The molecular formula is C12H12Cl2N2O2S. The molecule has 2 rings (SSSR count). The van der Waals surface area contributed by atoms with Crippen molar-refractivity contribution in [3.63, 3.8) is 0 Å². The molecule has 0 aliphatic heterocycles. The maximum Gasteiger partial charge on any atom is 0.264 e. The van der Waals surface area contributed by atoms with Crippen LogP contribution in [0.1, 0.15) is 17.0 Å². The van der Waals surface area contributed by atoms with E-state index in [1.165, 1.54) is 0 Å². The molecule has 0 saturated heterocycles. The van der Waals surface area contributed by atoms with Crippen LogP contribution in [0.2, 0.25) is 5.02 Å². The molecule has 0 atom stereocenters. The summed E-state index contributed by atoms with van der Waals surface area (Å²) in [7, 11) is 1.63. The van der Waals surface area contributed by atoms with Gasteiger partial charge in [0.1, 0.15) is 4.90 Å². The van der Waals surface area contributed by atoms with Gasteiger partial charge >= 0.3 is 0 Å². The van der Waals surface area contributed by atoms with Crippen molar-refractivity contribution in [2.75, 3.05) is 0 Å². The number of hydrogen-bond donors (Lipinski definition) is 0. The van der Waals surface area contributed by atoms with Gasteiger partial charge in [-0.2, -0.15) is 5.10 Å². The van der Waals surface area contributed by atoms with Crippen LogP contribution in [0.3, 0.4) is 0 Å². The lowest BCUT2D eigenvalue weighted by Gasteiger charge is -2.05. The molecule has 0 unspecified atom stereocenters. The van der Waals surface area contributed by atoms with E-state index in [-0.39, 0.29) is 4.90 Å². The number of aryl methyl sites for hydroxylation is 1. The summed E-state index contributed by atoms with van der Waals surface area (Å²) in [5.41, 5.74) is 1.91. The van der Waals surface area contributed by atoms with E-state index in [1.54, 1.807) is 30.7 Å². The van der Waals surface area contributed by atoms with Crippen LogP contribution in [0, 0.1) is 13.8 Å². The van der Waals surface area contributed by atoms with Crippen LogP contribution in [0.15, 0.2) is 29.2 Å². The summed E-state index contributed by atoms with van der Waals surface area (Å²) < 4.78 is 24.6. The lowest BCUT2D eigenvalue weighted by Crippen LogP contribution is -2.04. The Labute approximate surface area is 121 Å². The van der Waals surface area contributed by atoms with Crippen molar-refractivity contribution in [2.24, 2.45) is 0 Å². The summed E-state index contributed by atoms with van der Waals surface area (Å²) in [5.74, 6) is 0. The van der Waals surface area contributed by atoms with E-state index in [1.807, 2.05) is 12.1 Å². The van der Waals surface area contributed by atoms with Gasteiger partial charge in [0.2, 0.25) is 0 Å². The molecule has 0 saturated carbocycles. The Hall–Kier alpha value is -1.04. The van der Waals surface area contributed by atoms with E-state index in [9.17, 15) is 8.42 Å². The van der Waals surface area contributed by atoms with Gasteiger partial charge in [-0.25, -0.2) is 8.42 Å². The zero-order chi connectivity index (χ0) is 14.2. The van der Waals surface area contributed by atoms with Crippen molar-refractivity contribution >= 4 is 31.3 Å². The molecule has 0 N–H and O–H groups in total. The van der Waals surface area contributed by atoms with Crippen molar-refractivity contribution < 1.29 is 8.42 Å². The fourth-order valence-corrected chi connectivity index (χ4v) is 3.60.